The van der Waals surface area contributed by atoms with Gasteiger partial charge < -0.3 is 10.3 Å². The monoisotopic (exact) mass is 250 g/mol. The second kappa shape index (κ2) is 5.95. The lowest BCUT2D eigenvalue weighted by Crippen LogP contribution is -2.29. The predicted molar refractivity (Wildman–Crippen MR) is 50.1 cm³/mol. The quantitative estimate of drug-likeness (QED) is 0.248. The molecule has 0 aromatic rings. The number of nitrogens with zero attached hydrogens (tertiary/aromatic N) is 2. The zero-order chi connectivity index (χ0) is 13.6. The van der Waals surface area contributed by atoms with E-state index in [4.69, 9.17) is 5.53 Å². The summed E-state index contributed by atoms with van der Waals surface area (Å²) in [6.07, 6.45) is -4.84. The van der Waals surface area contributed by atoms with Crippen LogP contribution in [0.2, 0.25) is 0 Å². The standard InChI is InChI=1S/C9H9F3N2O3/c1-3-17-8(16)7(14-13)6(4-5(2)15)9(10,11)12/h4H,3H2,1-2H3/b6-4+. The van der Waals surface area contributed by atoms with Crippen molar-refractivity contribution in [3.63, 3.8) is 0 Å². The summed E-state index contributed by atoms with van der Waals surface area (Å²) in [5.74, 6) is -2.40. The van der Waals surface area contributed by atoms with E-state index in [9.17, 15) is 22.8 Å². The van der Waals surface area contributed by atoms with Gasteiger partial charge in [-0.25, -0.2) is 4.79 Å². The van der Waals surface area contributed by atoms with E-state index in [2.05, 4.69) is 9.53 Å². The lowest BCUT2D eigenvalue weighted by molar-refractivity contribution is -0.141. The SMILES string of the molecule is CCOC(=O)C(=[N+]=[N-])/C(=C\C(C)=O)C(F)(F)F. The Bertz CT molecular complexity index is 406. The molecule has 0 bridgehead atoms. The van der Waals surface area contributed by atoms with Gasteiger partial charge in [0.2, 0.25) is 0 Å². The van der Waals surface area contributed by atoms with Crippen molar-refractivity contribution < 1.29 is 32.3 Å². The second-order valence-electron chi connectivity index (χ2n) is 2.84. The van der Waals surface area contributed by atoms with E-state index in [1.54, 1.807) is 0 Å². The summed E-state index contributed by atoms with van der Waals surface area (Å²) in [6, 6.07) is 0. The van der Waals surface area contributed by atoms with Crippen LogP contribution in [-0.2, 0) is 14.3 Å². The summed E-state index contributed by atoms with van der Waals surface area (Å²) >= 11 is 0. The Labute approximate surface area is 94.5 Å². The van der Waals surface area contributed by atoms with Crippen LogP contribution in [-0.4, -0.2) is 35.0 Å². The van der Waals surface area contributed by atoms with Gasteiger partial charge in [0, 0.05) is 6.08 Å². The second-order valence-corrected chi connectivity index (χ2v) is 2.84. The van der Waals surface area contributed by atoms with Crippen LogP contribution < -0.4 is 0 Å². The van der Waals surface area contributed by atoms with Gasteiger partial charge in [-0.3, -0.25) is 4.79 Å². The van der Waals surface area contributed by atoms with E-state index in [0.717, 1.165) is 6.92 Å². The van der Waals surface area contributed by atoms with Crippen molar-refractivity contribution in [2.45, 2.75) is 20.0 Å². The number of alkyl halides is 3. The number of carbonyl (C=O) groups is 2. The Balaban J connectivity index is 5.54. The highest BCUT2D eigenvalue weighted by Crippen LogP contribution is 2.26. The molecule has 0 fully saturated rings. The number of carbonyl (C=O) groups excluding carboxylic acids is 2. The number of hydrogen-bond acceptors (Lipinski definition) is 3. The first-order chi connectivity index (χ1) is 7.73. The van der Waals surface area contributed by atoms with Crippen molar-refractivity contribution in [1.82, 2.24) is 0 Å². The predicted octanol–water partition coefficient (Wildman–Crippen LogP) is 1.30. The molecule has 0 radical (unpaired) electrons. The third-order valence-corrected chi connectivity index (χ3v) is 1.48. The minimum atomic E-state index is -5.00. The molecular weight excluding hydrogens is 241 g/mol. The van der Waals surface area contributed by atoms with Crippen LogP contribution >= 0.6 is 0 Å². The van der Waals surface area contributed by atoms with Crippen molar-refractivity contribution in [3.05, 3.63) is 17.2 Å². The zero-order valence-electron chi connectivity index (χ0n) is 9.04. The van der Waals surface area contributed by atoms with Gasteiger partial charge in [-0.2, -0.15) is 18.0 Å². The molecule has 0 aliphatic rings. The summed E-state index contributed by atoms with van der Waals surface area (Å²) in [6.45, 7) is 2.05. The van der Waals surface area contributed by atoms with Crippen molar-refractivity contribution in [2.24, 2.45) is 0 Å². The summed E-state index contributed by atoms with van der Waals surface area (Å²) in [5.41, 5.74) is 5.41. The van der Waals surface area contributed by atoms with E-state index >= 15 is 0 Å². The molecule has 0 heterocycles. The molecule has 0 saturated carbocycles. The van der Waals surface area contributed by atoms with Crippen LogP contribution in [0.1, 0.15) is 13.8 Å². The molecule has 0 amide bonds. The fourth-order valence-corrected chi connectivity index (χ4v) is 0.892. The number of ketones is 1. The van der Waals surface area contributed by atoms with E-state index in [1.807, 2.05) is 0 Å². The molecule has 8 heteroatoms. The molecular formula is C9H9F3N2O3. The number of rotatable bonds is 4. The lowest BCUT2D eigenvalue weighted by atomic mass is 10.1. The Morgan fingerprint density at radius 3 is 2.24 bits per heavy atom. The molecule has 0 unspecified atom stereocenters. The normalized spacial score (nSPS) is 11.7. The van der Waals surface area contributed by atoms with Crippen LogP contribution in [0.15, 0.2) is 11.6 Å². The smallest absolute Gasteiger partial charge is 0.424 e. The first-order valence-corrected chi connectivity index (χ1v) is 4.43. The Hall–Kier alpha value is -1.95. The maximum Gasteiger partial charge on any atom is 0.424 e. The highest BCUT2D eigenvalue weighted by Gasteiger charge is 2.46. The average Bonchev–Trinajstić information content (AvgIpc) is 2.15. The van der Waals surface area contributed by atoms with E-state index in [0.29, 0.717) is 0 Å². The minimum Gasteiger partial charge on any atom is -0.457 e. The van der Waals surface area contributed by atoms with Crippen LogP contribution in [0, 0.1) is 0 Å². The van der Waals surface area contributed by atoms with E-state index < -0.39 is 29.2 Å². The first-order valence-electron chi connectivity index (χ1n) is 4.43. The Morgan fingerprint density at radius 1 is 1.41 bits per heavy atom. The number of ether oxygens (including phenoxy) is 1. The van der Waals surface area contributed by atoms with Crippen molar-refractivity contribution in [3.8, 4) is 0 Å². The molecule has 0 rings (SSSR count). The number of allylic oxidation sites excluding steroid dienone is 1. The third-order valence-electron chi connectivity index (χ3n) is 1.48. The molecule has 0 saturated heterocycles. The van der Waals surface area contributed by atoms with Crippen molar-refractivity contribution in [2.75, 3.05) is 6.61 Å². The molecule has 17 heavy (non-hydrogen) atoms. The van der Waals surface area contributed by atoms with Gasteiger partial charge >= 0.3 is 17.9 Å². The van der Waals surface area contributed by atoms with Crippen molar-refractivity contribution in [1.29, 1.82) is 0 Å². The highest BCUT2D eigenvalue weighted by molar-refractivity contribution is 6.41. The van der Waals surface area contributed by atoms with Gasteiger partial charge in [-0.15, -0.1) is 0 Å². The van der Waals surface area contributed by atoms with E-state index in [-0.39, 0.29) is 12.7 Å². The average molecular weight is 250 g/mol. The molecule has 0 aliphatic carbocycles. The molecule has 0 aliphatic heterocycles. The fraction of sp³-hybridized carbons (Fsp3) is 0.444. The highest BCUT2D eigenvalue weighted by atomic mass is 19.4. The van der Waals surface area contributed by atoms with Gasteiger partial charge in [0.15, 0.2) is 11.4 Å². The summed E-state index contributed by atoms with van der Waals surface area (Å²) in [5, 5.41) is 0. The number of hydrogen-bond donors (Lipinski definition) is 0. The maximum atomic E-state index is 12.5. The lowest BCUT2D eigenvalue weighted by Gasteiger charge is -2.06. The van der Waals surface area contributed by atoms with Crippen molar-refractivity contribution >= 4 is 17.5 Å². The first kappa shape index (κ1) is 15.0. The van der Waals surface area contributed by atoms with Gasteiger partial charge in [0.05, 0.1) is 6.61 Å². The molecule has 0 atom stereocenters. The largest absolute Gasteiger partial charge is 0.457 e. The molecule has 0 aromatic carbocycles. The topological polar surface area (TPSA) is 79.8 Å². The van der Waals surface area contributed by atoms with Crippen LogP contribution in [0.5, 0.6) is 0 Å². The summed E-state index contributed by atoms with van der Waals surface area (Å²) in [7, 11) is 0. The number of esters is 1. The molecule has 5 nitrogen and oxygen atoms in total. The van der Waals surface area contributed by atoms with Gasteiger partial charge in [-0.05, 0) is 13.8 Å². The maximum absolute atomic E-state index is 12.5. The summed E-state index contributed by atoms with van der Waals surface area (Å²) in [4.78, 5) is 23.9. The van der Waals surface area contributed by atoms with E-state index in [1.165, 1.54) is 6.92 Å². The van der Waals surface area contributed by atoms with Gasteiger partial charge in [0.25, 0.3) is 0 Å². The van der Waals surface area contributed by atoms with Crippen LogP contribution in [0.25, 0.3) is 5.53 Å². The zero-order valence-corrected chi connectivity index (χ0v) is 9.04. The van der Waals surface area contributed by atoms with Crippen LogP contribution in [0.3, 0.4) is 0 Å². The minimum absolute atomic E-state index is 0.159. The number of halogens is 3. The van der Waals surface area contributed by atoms with Crippen LogP contribution in [0.4, 0.5) is 13.2 Å². The Kier molecular flexibility index (Phi) is 5.27. The van der Waals surface area contributed by atoms with Gasteiger partial charge in [0.1, 0.15) is 0 Å². The molecule has 0 N–H and O–H groups in total. The third kappa shape index (κ3) is 4.60. The molecule has 0 aromatic heterocycles. The Morgan fingerprint density at radius 2 is 1.94 bits per heavy atom. The molecule has 94 valence electrons. The fourth-order valence-electron chi connectivity index (χ4n) is 0.892. The summed E-state index contributed by atoms with van der Waals surface area (Å²) < 4.78 is 41.8. The van der Waals surface area contributed by atoms with Gasteiger partial charge in [-0.1, -0.05) is 0 Å². The molecule has 0 spiro atoms.